The predicted octanol–water partition coefficient (Wildman–Crippen LogP) is 3.82. The van der Waals surface area contributed by atoms with Crippen LogP contribution >= 0.6 is 11.6 Å². The van der Waals surface area contributed by atoms with Crippen molar-refractivity contribution in [1.82, 2.24) is 15.2 Å². The number of nitrogens with one attached hydrogen (secondary N) is 1. The molecule has 3 aromatic rings. The maximum Gasteiger partial charge on any atom is 0.253 e. The molecule has 1 amide bonds. The van der Waals surface area contributed by atoms with E-state index in [9.17, 15) is 4.79 Å². The fourth-order valence-corrected chi connectivity index (χ4v) is 2.96. The third kappa shape index (κ3) is 3.83. The number of rotatable bonds is 5. The number of halogens is 1. The van der Waals surface area contributed by atoms with Gasteiger partial charge in [-0.3, -0.25) is 14.7 Å². The molecule has 0 spiro atoms. The van der Waals surface area contributed by atoms with Gasteiger partial charge in [0.25, 0.3) is 5.91 Å². The summed E-state index contributed by atoms with van der Waals surface area (Å²) in [4.78, 5) is 19.2. The minimum absolute atomic E-state index is 0.0397. The SMILES string of the molecule is Cc1nc2ccc(Cl)cc2cc1C(=O)NCC(c1ccco1)N(C)C. The molecular formula is C19H20ClN3O2. The summed E-state index contributed by atoms with van der Waals surface area (Å²) in [5, 5.41) is 4.44. The van der Waals surface area contributed by atoms with Crippen LogP contribution in [0.5, 0.6) is 0 Å². The zero-order valence-electron chi connectivity index (χ0n) is 14.4. The third-order valence-electron chi connectivity index (χ3n) is 4.16. The summed E-state index contributed by atoms with van der Waals surface area (Å²) < 4.78 is 5.47. The van der Waals surface area contributed by atoms with Crippen molar-refractivity contribution in [1.29, 1.82) is 0 Å². The van der Waals surface area contributed by atoms with E-state index in [1.54, 1.807) is 12.3 Å². The molecule has 6 heteroatoms. The molecule has 2 heterocycles. The standard InChI is InChI=1S/C19H20ClN3O2/c1-12-15(10-13-9-14(20)6-7-16(13)22-12)19(24)21-11-17(23(2)3)18-5-4-8-25-18/h4-10,17H,11H2,1-3H3,(H,21,24). The Morgan fingerprint density at radius 1 is 1.32 bits per heavy atom. The number of amides is 1. The van der Waals surface area contributed by atoms with Crippen molar-refractivity contribution in [3.8, 4) is 0 Å². The van der Waals surface area contributed by atoms with E-state index >= 15 is 0 Å². The fraction of sp³-hybridized carbons (Fsp3) is 0.263. The predicted molar refractivity (Wildman–Crippen MR) is 99.0 cm³/mol. The van der Waals surface area contributed by atoms with E-state index in [0.29, 0.717) is 22.8 Å². The second-order valence-corrected chi connectivity index (χ2v) is 6.60. The second kappa shape index (κ2) is 7.25. The van der Waals surface area contributed by atoms with Crippen LogP contribution in [0.15, 0.2) is 47.1 Å². The number of nitrogens with zero attached hydrogens (tertiary/aromatic N) is 2. The Bertz CT molecular complexity index is 891. The number of hydrogen-bond acceptors (Lipinski definition) is 4. The van der Waals surface area contributed by atoms with Crippen molar-refractivity contribution >= 4 is 28.4 Å². The van der Waals surface area contributed by atoms with Gasteiger partial charge in [-0.1, -0.05) is 11.6 Å². The van der Waals surface area contributed by atoms with Gasteiger partial charge in [-0.25, -0.2) is 0 Å². The highest BCUT2D eigenvalue weighted by Crippen LogP contribution is 2.21. The van der Waals surface area contributed by atoms with E-state index < -0.39 is 0 Å². The molecule has 0 saturated carbocycles. The number of aryl methyl sites for hydroxylation is 1. The maximum absolute atomic E-state index is 12.7. The minimum atomic E-state index is -0.162. The molecule has 0 radical (unpaired) electrons. The molecule has 2 aromatic heterocycles. The summed E-state index contributed by atoms with van der Waals surface area (Å²) in [6, 6.07) is 11.0. The molecule has 0 saturated heterocycles. The van der Waals surface area contributed by atoms with Gasteiger partial charge in [-0.05, 0) is 57.4 Å². The highest BCUT2D eigenvalue weighted by atomic mass is 35.5. The molecular weight excluding hydrogens is 338 g/mol. The first-order valence-electron chi connectivity index (χ1n) is 8.00. The summed E-state index contributed by atoms with van der Waals surface area (Å²) in [6.45, 7) is 2.27. The van der Waals surface area contributed by atoms with Gasteiger partial charge in [0.05, 0.1) is 29.1 Å². The van der Waals surface area contributed by atoms with Crippen LogP contribution < -0.4 is 5.32 Å². The number of likely N-dealkylation sites (N-methyl/N-ethyl adjacent to an activating group) is 1. The van der Waals surface area contributed by atoms with Crippen molar-refractivity contribution < 1.29 is 9.21 Å². The number of furan rings is 1. The molecule has 130 valence electrons. The average Bonchev–Trinajstić information content (AvgIpc) is 3.08. The van der Waals surface area contributed by atoms with E-state index in [1.165, 1.54) is 0 Å². The highest BCUT2D eigenvalue weighted by molar-refractivity contribution is 6.31. The Morgan fingerprint density at radius 2 is 2.12 bits per heavy atom. The molecule has 0 aliphatic carbocycles. The maximum atomic E-state index is 12.7. The van der Waals surface area contributed by atoms with E-state index in [-0.39, 0.29) is 11.9 Å². The van der Waals surface area contributed by atoms with Crippen LogP contribution in [0.25, 0.3) is 10.9 Å². The molecule has 0 fully saturated rings. The summed E-state index contributed by atoms with van der Waals surface area (Å²) in [5.74, 6) is 0.649. The molecule has 1 N–H and O–H groups in total. The first kappa shape index (κ1) is 17.5. The van der Waals surface area contributed by atoms with Crippen LogP contribution in [-0.4, -0.2) is 36.4 Å². The van der Waals surface area contributed by atoms with Gasteiger partial charge in [0.2, 0.25) is 0 Å². The number of carbonyl (C=O) groups excluding carboxylic acids is 1. The monoisotopic (exact) mass is 357 g/mol. The lowest BCUT2D eigenvalue weighted by molar-refractivity contribution is 0.0938. The van der Waals surface area contributed by atoms with Crippen molar-refractivity contribution in [3.05, 3.63) is 64.7 Å². The molecule has 1 aromatic carbocycles. The van der Waals surface area contributed by atoms with Gasteiger partial charge in [-0.15, -0.1) is 0 Å². The van der Waals surface area contributed by atoms with Crippen molar-refractivity contribution in [3.63, 3.8) is 0 Å². The summed E-state index contributed by atoms with van der Waals surface area (Å²) in [6.07, 6.45) is 1.63. The molecule has 5 nitrogen and oxygen atoms in total. The lowest BCUT2D eigenvalue weighted by Crippen LogP contribution is -2.34. The number of hydrogen-bond donors (Lipinski definition) is 1. The first-order valence-corrected chi connectivity index (χ1v) is 8.38. The fourth-order valence-electron chi connectivity index (χ4n) is 2.78. The summed E-state index contributed by atoms with van der Waals surface area (Å²) in [5.41, 5.74) is 2.05. The summed E-state index contributed by atoms with van der Waals surface area (Å²) >= 11 is 6.04. The molecule has 1 atom stereocenters. The topological polar surface area (TPSA) is 58.4 Å². The van der Waals surface area contributed by atoms with Crippen molar-refractivity contribution in [2.75, 3.05) is 20.6 Å². The zero-order valence-corrected chi connectivity index (χ0v) is 15.2. The highest BCUT2D eigenvalue weighted by Gasteiger charge is 2.19. The van der Waals surface area contributed by atoms with Crippen LogP contribution in [-0.2, 0) is 0 Å². The van der Waals surface area contributed by atoms with Crippen LogP contribution in [0.3, 0.4) is 0 Å². The van der Waals surface area contributed by atoms with Crippen LogP contribution in [0.2, 0.25) is 5.02 Å². The quantitative estimate of drug-likeness (QED) is 0.754. The largest absolute Gasteiger partial charge is 0.468 e. The van der Waals surface area contributed by atoms with Crippen molar-refractivity contribution in [2.24, 2.45) is 0 Å². The first-order chi connectivity index (χ1) is 12.0. The molecule has 0 aliphatic rings. The Kier molecular flexibility index (Phi) is 5.06. The number of aromatic nitrogens is 1. The third-order valence-corrected chi connectivity index (χ3v) is 4.40. The smallest absolute Gasteiger partial charge is 0.253 e. The van der Waals surface area contributed by atoms with Gasteiger partial charge >= 0.3 is 0 Å². The Labute approximate surface area is 151 Å². The van der Waals surface area contributed by atoms with Gasteiger partial charge < -0.3 is 9.73 Å². The van der Waals surface area contributed by atoms with Gasteiger partial charge in [0.1, 0.15) is 5.76 Å². The van der Waals surface area contributed by atoms with Crippen LogP contribution in [0, 0.1) is 6.92 Å². The Morgan fingerprint density at radius 3 is 2.80 bits per heavy atom. The molecule has 0 bridgehead atoms. The lowest BCUT2D eigenvalue weighted by Gasteiger charge is -2.22. The lowest BCUT2D eigenvalue weighted by atomic mass is 10.1. The van der Waals surface area contributed by atoms with E-state index in [1.807, 2.05) is 56.3 Å². The Balaban J connectivity index is 1.81. The van der Waals surface area contributed by atoms with Gasteiger partial charge in [0, 0.05) is 17.0 Å². The van der Waals surface area contributed by atoms with Crippen LogP contribution in [0.1, 0.15) is 27.9 Å². The number of fused-ring (bicyclic) bond motifs is 1. The van der Waals surface area contributed by atoms with E-state index in [4.69, 9.17) is 16.0 Å². The molecule has 25 heavy (non-hydrogen) atoms. The average molecular weight is 358 g/mol. The van der Waals surface area contributed by atoms with Gasteiger partial charge in [0.15, 0.2) is 0 Å². The van der Waals surface area contributed by atoms with E-state index in [0.717, 1.165) is 16.7 Å². The van der Waals surface area contributed by atoms with Crippen molar-refractivity contribution in [2.45, 2.75) is 13.0 Å². The number of carbonyl (C=O) groups is 1. The minimum Gasteiger partial charge on any atom is -0.468 e. The second-order valence-electron chi connectivity index (χ2n) is 6.16. The molecule has 3 rings (SSSR count). The normalized spacial score (nSPS) is 12.5. The number of pyridine rings is 1. The van der Waals surface area contributed by atoms with E-state index in [2.05, 4.69) is 10.3 Å². The van der Waals surface area contributed by atoms with Crippen LogP contribution in [0.4, 0.5) is 0 Å². The summed E-state index contributed by atoms with van der Waals surface area (Å²) in [7, 11) is 3.90. The molecule has 1 unspecified atom stereocenters. The number of benzene rings is 1. The van der Waals surface area contributed by atoms with Gasteiger partial charge in [-0.2, -0.15) is 0 Å². The molecule has 0 aliphatic heterocycles. The Hall–Kier alpha value is -2.37. The zero-order chi connectivity index (χ0) is 18.0.